The fourth-order valence-electron chi connectivity index (χ4n) is 3.14. The molecule has 18 heavy (non-hydrogen) atoms. The second kappa shape index (κ2) is 8.68. The Morgan fingerprint density at radius 3 is 2.33 bits per heavy atom. The summed E-state index contributed by atoms with van der Waals surface area (Å²) in [6, 6.07) is 0. The molecule has 0 saturated heterocycles. The van der Waals surface area contributed by atoms with Crippen LogP contribution in [0.1, 0.15) is 84.0 Å². The first kappa shape index (κ1) is 15.7. The van der Waals surface area contributed by atoms with Gasteiger partial charge in [0.25, 0.3) is 0 Å². The van der Waals surface area contributed by atoms with Crippen LogP contribution in [0, 0.1) is 0 Å². The third kappa shape index (κ3) is 5.51. The molecule has 1 aliphatic carbocycles. The van der Waals surface area contributed by atoms with Crippen molar-refractivity contribution in [1.82, 2.24) is 5.32 Å². The number of unbranched alkanes of at least 4 members (excludes halogenated alkanes) is 4. The normalized spacial score (nSPS) is 18.8. The van der Waals surface area contributed by atoms with E-state index >= 15 is 0 Å². The van der Waals surface area contributed by atoms with Crippen LogP contribution in [-0.2, 0) is 4.79 Å². The minimum atomic E-state index is 0.138. The molecular weight excluding hydrogens is 222 g/mol. The summed E-state index contributed by atoms with van der Waals surface area (Å²) in [6.07, 6.45) is 14.0. The molecular formula is C16H31NO. The van der Waals surface area contributed by atoms with Crippen molar-refractivity contribution in [3.8, 4) is 0 Å². The smallest absolute Gasteiger partial charge is 0.134 e. The number of carbonyl (C=O) groups is 1. The number of carbonyl (C=O) groups excluding carboxylic acids is 1. The molecule has 0 bridgehead atoms. The quantitative estimate of drug-likeness (QED) is 0.623. The van der Waals surface area contributed by atoms with Crippen LogP contribution in [0.4, 0.5) is 0 Å². The van der Waals surface area contributed by atoms with E-state index in [0.29, 0.717) is 5.78 Å². The van der Waals surface area contributed by atoms with Gasteiger partial charge in [-0.3, -0.25) is 4.79 Å². The number of hydrogen-bond donors (Lipinski definition) is 1. The minimum Gasteiger partial charge on any atom is -0.314 e. The molecule has 1 rings (SSSR count). The van der Waals surface area contributed by atoms with Crippen LogP contribution in [0.15, 0.2) is 0 Å². The molecule has 0 aromatic rings. The maximum absolute atomic E-state index is 12.1. The number of ketones is 1. The first-order valence-corrected chi connectivity index (χ1v) is 7.93. The molecule has 0 aromatic carbocycles. The zero-order chi connectivity index (χ0) is 13.3. The van der Waals surface area contributed by atoms with Crippen molar-refractivity contribution in [2.75, 3.05) is 7.05 Å². The highest BCUT2D eigenvalue weighted by atomic mass is 16.1. The van der Waals surface area contributed by atoms with Crippen molar-refractivity contribution in [1.29, 1.82) is 0 Å². The maximum atomic E-state index is 12.1. The van der Waals surface area contributed by atoms with Crippen LogP contribution in [0.25, 0.3) is 0 Å². The van der Waals surface area contributed by atoms with Crippen molar-refractivity contribution in [3.05, 3.63) is 0 Å². The molecule has 1 N–H and O–H groups in total. The van der Waals surface area contributed by atoms with Gasteiger partial charge < -0.3 is 5.32 Å². The Labute approximate surface area is 113 Å². The summed E-state index contributed by atoms with van der Waals surface area (Å²) in [5, 5.41) is 3.44. The highest BCUT2D eigenvalue weighted by Gasteiger charge is 2.31. The van der Waals surface area contributed by atoms with Gasteiger partial charge in [-0.15, -0.1) is 0 Å². The molecule has 0 heterocycles. The lowest BCUT2D eigenvalue weighted by Gasteiger charge is -2.36. The number of hydrogen-bond acceptors (Lipinski definition) is 2. The lowest BCUT2D eigenvalue weighted by Crippen LogP contribution is -2.46. The predicted molar refractivity (Wildman–Crippen MR) is 77.9 cm³/mol. The van der Waals surface area contributed by atoms with Gasteiger partial charge in [0.2, 0.25) is 0 Å². The first-order valence-electron chi connectivity index (χ1n) is 7.93. The van der Waals surface area contributed by atoms with E-state index in [4.69, 9.17) is 0 Å². The van der Waals surface area contributed by atoms with Crippen molar-refractivity contribution in [2.24, 2.45) is 0 Å². The van der Waals surface area contributed by atoms with Crippen LogP contribution in [0.5, 0.6) is 0 Å². The summed E-state index contributed by atoms with van der Waals surface area (Å²) >= 11 is 0. The lowest BCUT2D eigenvalue weighted by atomic mass is 9.78. The van der Waals surface area contributed by atoms with Gasteiger partial charge in [0.15, 0.2) is 0 Å². The average molecular weight is 253 g/mol. The van der Waals surface area contributed by atoms with E-state index < -0.39 is 0 Å². The molecule has 0 unspecified atom stereocenters. The predicted octanol–water partition coefficient (Wildman–Crippen LogP) is 4.23. The molecule has 1 aliphatic rings. The Morgan fingerprint density at radius 2 is 1.72 bits per heavy atom. The zero-order valence-electron chi connectivity index (χ0n) is 12.4. The molecule has 0 atom stereocenters. The Balaban J connectivity index is 2.20. The van der Waals surface area contributed by atoms with Gasteiger partial charge in [-0.25, -0.2) is 0 Å². The largest absolute Gasteiger partial charge is 0.314 e. The second-order valence-corrected chi connectivity index (χ2v) is 5.97. The molecule has 0 aliphatic heterocycles. The maximum Gasteiger partial charge on any atom is 0.134 e. The minimum absolute atomic E-state index is 0.138. The van der Waals surface area contributed by atoms with Crippen LogP contribution in [0.3, 0.4) is 0 Å². The summed E-state index contributed by atoms with van der Waals surface area (Å²) in [4.78, 5) is 12.1. The van der Waals surface area contributed by atoms with Crippen LogP contribution in [0.2, 0.25) is 0 Å². The van der Waals surface area contributed by atoms with Gasteiger partial charge in [0.1, 0.15) is 5.78 Å². The van der Waals surface area contributed by atoms with E-state index in [-0.39, 0.29) is 5.54 Å². The SMILES string of the molecule is CCCCCCCC(=O)CC1(NC)CCCCC1. The Bertz CT molecular complexity index is 231. The molecule has 2 heteroatoms. The molecule has 0 aromatic heterocycles. The zero-order valence-corrected chi connectivity index (χ0v) is 12.4. The third-order valence-electron chi connectivity index (χ3n) is 4.44. The summed E-state index contributed by atoms with van der Waals surface area (Å²) in [7, 11) is 2.03. The Morgan fingerprint density at radius 1 is 1.06 bits per heavy atom. The fourth-order valence-corrected chi connectivity index (χ4v) is 3.14. The number of Topliss-reactive ketones (excluding diaryl/α,β-unsaturated/α-hetero) is 1. The van der Waals surface area contributed by atoms with E-state index in [1.165, 1.54) is 57.8 Å². The fraction of sp³-hybridized carbons (Fsp3) is 0.938. The highest BCUT2D eigenvalue weighted by molar-refractivity contribution is 5.79. The van der Waals surface area contributed by atoms with Gasteiger partial charge in [-0.05, 0) is 26.3 Å². The second-order valence-electron chi connectivity index (χ2n) is 5.97. The lowest BCUT2D eigenvalue weighted by molar-refractivity contribution is -0.121. The van der Waals surface area contributed by atoms with E-state index in [1.54, 1.807) is 0 Å². The first-order chi connectivity index (χ1) is 8.72. The van der Waals surface area contributed by atoms with Crippen LogP contribution >= 0.6 is 0 Å². The standard InChI is InChI=1S/C16H31NO/c1-3-4-5-6-8-11-15(18)14-16(17-2)12-9-7-10-13-16/h17H,3-14H2,1-2H3. The number of rotatable bonds is 9. The molecule has 1 saturated carbocycles. The molecule has 106 valence electrons. The monoisotopic (exact) mass is 253 g/mol. The number of nitrogens with one attached hydrogen (secondary N) is 1. The highest BCUT2D eigenvalue weighted by Crippen LogP contribution is 2.31. The molecule has 1 fully saturated rings. The van der Waals surface area contributed by atoms with Crippen molar-refractivity contribution >= 4 is 5.78 Å². The van der Waals surface area contributed by atoms with Gasteiger partial charge in [-0.2, -0.15) is 0 Å². The van der Waals surface area contributed by atoms with Gasteiger partial charge in [0, 0.05) is 18.4 Å². The van der Waals surface area contributed by atoms with Crippen LogP contribution in [-0.4, -0.2) is 18.4 Å². The average Bonchev–Trinajstić information content (AvgIpc) is 2.39. The van der Waals surface area contributed by atoms with Crippen molar-refractivity contribution in [3.63, 3.8) is 0 Å². The Kier molecular flexibility index (Phi) is 7.57. The van der Waals surface area contributed by atoms with E-state index in [0.717, 1.165) is 19.3 Å². The summed E-state index contributed by atoms with van der Waals surface area (Å²) in [6.45, 7) is 2.23. The molecule has 0 amide bonds. The molecule has 2 nitrogen and oxygen atoms in total. The van der Waals surface area contributed by atoms with Gasteiger partial charge in [-0.1, -0.05) is 51.9 Å². The van der Waals surface area contributed by atoms with E-state index in [2.05, 4.69) is 12.2 Å². The summed E-state index contributed by atoms with van der Waals surface area (Å²) in [5.41, 5.74) is 0.138. The Hall–Kier alpha value is -0.370. The molecule has 0 radical (unpaired) electrons. The topological polar surface area (TPSA) is 29.1 Å². The van der Waals surface area contributed by atoms with E-state index in [1.807, 2.05) is 7.05 Å². The summed E-state index contributed by atoms with van der Waals surface area (Å²) in [5.74, 6) is 0.475. The van der Waals surface area contributed by atoms with Crippen LogP contribution < -0.4 is 5.32 Å². The summed E-state index contributed by atoms with van der Waals surface area (Å²) < 4.78 is 0. The molecule has 0 spiro atoms. The van der Waals surface area contributed by atoms with E-state index in [9.17, 15) is 4.79 Å². The third-order valence-corrected chi connectivity index (χ3v) is 4.44. The van der Waals surface area contributed by atoms with Crippen molar-refractivity contribution < 1.29 is 4.79 Å². The van der Waals surface area contributed by atoms with Crippen molar-refractivity contribution in [2.45, 2.75) is 89.5 Å². The van der Waals surface area contributed by atoms with Gasteiger partial charge in [0.05, 0.1) is 0 Å². The van der Waals surface area contributed by atoms with Gasteiger partial charge >= 0.3 is 0 Å².